The van der Waals surface area contributed by atoms with Crippen LogP contribution in [0.4, 0.5) is 11.5 Å². The smallest absolute Gasteiger partial charge is 0.278 e. The second kappa shape index (κ2) is 7.43. The van der Waals surface area contributed by atoms with Crippen LogP contribution in [-0.4, -0.2) is 35.5 Å². The second-order valence-corrected chi connectivity index (χ2v) is 6.34. The van der Waals surface area contributed by atoms with Gasteiger partial charge in [-0.15, -0.1) is 0 Å². The molecule has 0 N–H and O–H groups in total. The lowest BCUT2D eigenvalue weighted by molar-refractivity contribution is 0.0983. The van der Waals surface area contributed by atoms with Crippen molar-refractivity contribution >= 4 is 17.4 Å². The molecule has 5 nitrogen and oxygen atoms in total. The van der Waals surface area contributed by atoms with E-state index in [2.05, 4.69) is 21.8 Å². The van der Waals surface area contributed by atoms with Gasteiger partial charge in [-0.25, -0.2) is 9.97 Å². The summed E-state index contributed by atoms with van der Waals surface area (Å²) in [5.74, 6) is 1.42. The molecule has 1 amide bonds. The summed E-state index contributed by atoms with van der Waals surface area (Å²) in [6.45, 7) is 6.83. The molecule has 0 radical (unpaired) electrons. The molecule has 0 aliphatic carbocycles. The van der Waals surface area contributed by atoms with E-state index >= 15 is 0 Å². The van der Waals surface area contributed by atoms with E-state index < -0.39 is 0 Å². The standard InChI is InChI=1S/C19H24N4O/c1-3-23(16-9-5-4-6-10-16)19(24)17-12-21-18(13-20-17)22-11-7-8-15(2)14-22/h4-6,9-10,12-13,15H,3,7-8,11,14H2,1-2H3. The van der Waals surface area contributed by atoms with Gasteiger partial charge in [0, 0.05) is 25.3 Å². The van der Waals surface area contributed by atoms with Gasteiger partial charge < -0.3 is 9.80 Å². The normalized spacial score (nSPS) is 17.6. The van der Waals surface area contributed by atoms with Crippen LogP contribution in [0.2, 0.25) is 0 Å². The summed E-state index contributed by atoms with van der Waals surface area (Å²) in [7, 11) is 0. The molecule has 126 valence electrons. The topological polar surface area (TPSA) is 49.3 Å². The monoisotopic (exact) mass is 324 g/mol. The summed E-state index contributed by atoms with van der Waals surface area (Å²) in [6, 6.07) is 9.65. The molecule has 1 fully saturated rings. The highest BCUT2D eigenvalue weighted by atomic mass is 16.2. The minimum absolute atomic E-state index is 0.116. The molecule has 1 aliphatic heterocycles. The van der Waals surface area contributed by atoms with Crippen molar-refractivity contribution in [1.29, 1.82) is 0 Å². The number of nitrogens with zero attached hydrogens (tertiary/aromatic N) is 4. The van der Waals surface area contributed by atoms with Gasteiger partial charge in [0.1, 0.15) is 11.5 Å². The Hall–Kier alpha value is -2.43. The zero-order valence-electron chi connectivity index (χ0n) is 14.4. The van der Waals surface area contributed by atoms with Gasteiger partial charge in [0.05, 0.1) is 12.4 Å². The molecule has 1 aromatic heterocycles. The first-order valence-corrected chi connectivity index (χ1v) is 8.63. The maximum absolute atomic E-state index is 12.7. The van der Waals surface area contributed by atoms with E-state index in [9.17, 15) is 4.79 Å². The Kier molecular flexibility index (Phi) is 5.08. The average Bonchev–Trinajstić information content (AvgIpc) is 2.63. The molecule has 1 aromatic carbocycles. The van der Waals surface area contributed by atoms with Crippen molar-refractivity contribution in [3.05, 3.63) is 48.4 Å². The molecular formula is C19H24N4O. The van der Waals surface area contributed by atoms with Crippen LogP contribution in [0.5, 0.6) is 0 Å². The highest BCUT2D eigenvalue weighted by Crippen LogP contribution is 2.21. The molecule has 3 rings (SSSR count). The lowest BCUT2D eigenvalue weighted by Gasteiger charge is -2.31. The lowest BCUT2D eigenvalue weighted by atomic mass is 10.0. The van der Waals surface area contributed by atoms with E-state index in [1.807, 2.05) is 37.3 Å². The van der Waals surface area contributed by atoms with Crippen LogP contribution in [0.3, 0.4) is 0 Å². The van der Waals surface area contributed by atoms with Gasteiger partial charge in [0.15, 0.2) is 0 Å². The summed E-state index contributed by atoms with van der Waals surface area (Å²) in [6.07, 6.45) is 5.77. The zero-order chi connectivity index (χ0) is 16.9. The first-order valence-electron chi connectivity index (χ1n) is 8.63. The molecule has 2 heterocycles. The quantitative estimate of drug-likeness (QED) is 0.865. The molecule has 2 aromatic rings. The van der Waals surface area contributed by atoms with Gasteiger partial charge in [0.2, 0.25) is 0 Å². The van der Waals surface area contributed by atoms with Crippen LogP contribution in [-0.2, 0) is 0 Å². The first-order chi connectivity index (χ1) is 11.7. The van der Waals surface area contributed by atoms with Crippen LogP contribution in [0.1, 0.15) is 37.2 Å². The van der Waals surface area contributed by atoms with Gasteiger partial charge in [-0.2, -0.15) is 0 Å². The fourth-order valence-electron chi connectivity index (χ4n) is 3.18. The van der Waals surface area contributed by atoms with Crippen molar-refractivity contribution in [1.82, 2.24) is 9.97 Å². The molecule has 24 heavy (non-hydrogen) atoms. The minimum atomic E-state index is -0.116. The van der Waals surface area contributed by atoms with Gasteiger partial charge >= 0.3 is 0 Å². The van der Waals surface area contributed by atoms with Crippen LogP contribution >= 0.6 is 0 Å². The molecule has 0 saturated carbocycles. The third-order valence-corrected chi connectivity index (χ3v) is 4.47. The van der Waals surface area contributed by atoms with Gasteiger partial charge in [-0.1, -0.05) is 25.1 Å². The summed E-state index contributed by atoms with van der Waals surface area (Å²) in [5, 5.41) is 0. The van der Waals surface area contributed by atoms with Crippen molar-refractivity contribution in [2.75, 3.05) is 29.4 Å². The van der Waals surface area contributed by atoms with E-state index in [1.165, 1.54) is 12.8 Å². The predicted octanol–water partition coefficient (Wildman–Crippen LogP) is 3.38. The molecule has 5 heteroatoms. The van der Waals surface area contributed by atoms with Crippen molar-refractivity contribution in [3.8, 4) is 0 Å². The predicted molar refractivity (Wildman–Crippen MR) is 96.4 cm³/mol. The van der Waals surface area contributed by atoms with E-state index in [4.69, 9.17) is 0 Å². The third-order valence-electron chi connectivity index (χ3n) is 4.47. The number of benzene rings is 1. The van der Waals surface area contributed by atoms with Gasteiger partial charge in [-0.3, -0.25) is 4.79 Å². The number of para-hydroxylation sites is 1. The molecular weight excluding hydrogens is 300 g/mol. The van der Waals surface area contributed by atoms with Crippen LogP contribution in [0, 0.1) is 5.92 Å². The molecule has 1 saturated heterocycles. The molecule has 0 spiro atoms. The minimum Gasteiger partial charge on any atom is -0.355 e. The van der Waals surface area contributed by atoms with Crippen molar-refractivity contribution < 1.29 is 4.79 Å². The van der Waals surface area contributed by atoms with Crippen LogP contribution < -0.4 is 9.80 Å². The third kappa shape index (κ3) is 3.55. The Bertz CT molecular complexity index is 672. The summed E-state index contributed by atoms with van der Waals surface area (Å²) >= 11 is 0. The van der Waals surface area contributed by atoms with E-state index in [-0.39, 0.29) is 5.91 Å². The second-order valence-electron chi connectivity index (χ2n) is 6.34. The summed E-state index contributed by atoms with van der Waals surface area (Å²) < 4.78 is 0. The van der Waals surface area contributed by atoms with Crippen LogP contribution in [0.25, 0.3) is 0 Å². The molecule has 0 bridgehead atoms. The van der Waals surface area contributed by atoms with Crippen molar-refractivity contribution in [3.63, 3.8) is 0 Å². The molecule has 1 atom stereocenters. The fourth-order valence-corrected chi connectivity index (χ4v) is 3.18. The van der Waals surface area contributed by atoms with Crippen molar-refractivity contribution in [2.24, 2.45) is 5.92 Å². The Morgan fingerprint density at radius 2 is 2.04 bits per heavy atom. The Balaban J connectivity index is 1.76. The van der Waals surface area contributed by atoms with E-state index in [0.29, 0.717) is 18.2 Å². The largest absolute Gasteiger partial charge is 0.355 e. The van der Waals surface area contributed by atoms with E-state index in [1.54, 1.807) is 17.3 Å². The Morgan fingerprint density at radius 1 is 1.25 bits per heavy atom. The molecule has 1 unspecified atom stereocenters. The number of carbonyl (C=O) groups excluding carboxylic acids is 1. The molecule has 1 aliphatic rings. The zero-order valence-corrected chi connectivity index (χ0v) is 14.4. The maximum atomic E-state index is 12.7. The number of aromatic nitrogens is 2. The first kappa shape index (κ1) is 16.4. The maximum Gasteiger partial charge on any atom is 0.278 e. The Labute approximate surface area is 143 Å². The number of carbonyl (C=O) groups is 1. The number of amides is 1. The van der Waals surface area contributed by atoms with Gasteiger partial charge in [-0.05, 0) is 37.8 Å². The van der Waals surface area contributed by atoms with E-state index in [0.717, 1.165) is 24.6 Å². The average molecular weight is 324 g/mol. The number of hydrogen-bond acceptors (Lipinski definition) is 4. The lowest BCUT2D eigenvalue weighted by Crippen LogP contribution is -2.35. The Morgan fingerprint density at radius 3 is 2.67 bits per heavy atom. The SMILES string of the molecule is CCN(C(=O)c1cnc(N2CCCC(C)C2)cn1)c1ccccc1. The number of hydrogen-bond donors (Lipinski definition) is 0. The fraction of sp³-hybridized carbons (Fsp3) is 0.421. The van der Waals surface area contributed by atoms with Crippen LogP contribution in [0.15, 0.2) is 42.7 Å². The van der Waals surface area contributed by atoms with Crippen molar-refractivity contribution in [2.45, 2.75) is 26.7 Å². The number of anilines is 2. The number of piperidine rings is 1. The van der Waals surface area contributed by atoms with Gasteiger partial charge in [0.25, 0.3) is 5.91 Å². The highest BCUT2D eigenvalue weighted by molar-refractivity contribution is 6.04. The highest BCUT2D eigenvalue weighted by Gasteiger charge is 2.20. The summed E-state index contributed by atoms with van der Waals surface area (Å²) in [5.41, 5.74) is 1.26. The summed E-state index contributed by atoms with van der Waals surface area (Å²) in [4.78, 5) is 25.6. The number of rotatable bonds is 4.